The molecule has 0 saturated heterocycles. The second kappa shape index (κ2) is 8.85. The number of nitro benzene ring substituents is 1. The molecule has 0 radical (unpaired) electrons. The molecule has 10 heteroatoms. The van der Waals surface area contributed by atoms with Gasteiger partial charge in [0.05, 0.1) is 15.5 Å². The third-order valence-electron chi connectivity index (χ3n) is 4.61. The number of halogens is 1. The summed E-state index contributed by atoms with van der Waals surface area (Å²) in [6, 6.07) is 21.3. The first-order valence-corrected chi connectivity index (χ1v) is 10.9. The van der Waals surface area contributed by atoms with Gasteiger partial charge in [-0.1, -0.05) is 58.0 Å². The lowest BCUT2D eigenvalue weighted by atomic mass is 10.2. The van der Waals surface area contributed by atoms with Gasteiger partial charge in [-0.15, -0.1) is 0 Å². The van der Waals surface area contributed by atoms with Crippen LogP contribution in [0.4, 0.5) is 11.5 Å². The second-order valence-electron chi connectivity index (χ2n) is 6.62. The number of nitrogen functional groups attached to an aromatic ring is 1. The molecule has 160 valence electrons. The van der Waals surface area contributed by atoms with Gasteiger partial charge in [0.2, 0.25) is 0 Å². The maximum Gasteiger partial charge on any atom is 0.288 e. The number of aromatic nitrogens is 2. The normalized spacial score (nSPS) is 10.8. The monoisotopic (exact) mass is 510 g/mol. The molecule has 0 aliphatic rings. The van der Waals surface area contributed by atoms with Crippen molar-refractivity contribution in [2.24, 2.45) is 0 Å². The van der Waals surface area contributed by atoms with Gasteiger partial charge in [0.1, 0.15) is 10.7 Å². The van der Waals surface area contributed by atoms with Crippen molar-refractivity contribution in [3.63, 3.8) is 0 Å². The number of nitro groups is 1. The van der Waals surface area contributed by atoms with E-state index in [0.29, 0.717) is 11.3 Å². The Hall–Kier alpha value is -3.63. The van der Waals surface area contributed by atoms with E-state index in [-0.39, 0.29) is 21.3 Å². The maximum absolute atomic E-state index is 13.4. The van der Waals surface area contributed by atoms with Crippen LogP contribution in [-0.2, 0) is 0 Å². The zero-order valence-corrected chi connectivity index (χ0v) is 18.7. The Labute approximate surface area is 194 Å². The summed E-state index contributed by atoms with van der Waals surface area (Å²) in [5.74, 6) is -0.611. The quantitative estimate of drug-likeness (QED) is 0.306. The summed E-state index contributed by atoms with van der Waals surface area (Å²) in [6.45, 7) is 0. The molecule has 0 unspecified atom stereocenters. The highest BCUT2D eigenvalue weighted by atomic mass is 79.9. The van der Waals surface area contributed by atoms with Crippen LogP contribution in [0.15, 0.2) is 97.9 Å². The van der Waals surface area contributed by atoms with E-state index in [1.165, 1.54) is 22.9 Å². The molecule has 0 aliphatic carbocycles. The Balaban J connectivity index is 1.92. The molecule has 0 atom stereocenters. The minimum Gasteiger partial charge on any atom is -0.382 e. The minimum atomic E-state index is -0.553. The second-order valence-corrected chi connectivity index (χ2v) is 8.59. The largest absolute Gasteiger partial charge is 0.382 e. The standard InChI is InChI=1S/C22H15BrN4O4S/c23-15-12-10-14(11-13-15)21(28)26-20(24)19(22(29)25(26)16-6-2-1-3-7-16)32-18-9-5-4-8-17(18)27(30)31/h1-13H,24H2. The molecule has 4 rings (SSSR count). The topological polar surface area (TPSA) is 113 Å². The lowest BCUT2D eigenvalue weighted by Gasteiger charge is -2.12. The van der Waals surface area contributed by atoms with Crippen LogP contribution in [0.3, 0.4) is 0 Å². The molecule has 4 aromatic rings. The fourth-order valence-corrected chi connectivity index (χ4v) is 4.36. The van der Waals surface area contributed by atoms with Crippen molar-refractivity contribution < 1.29 is 9.72 Å². The molecular weight excluding hydrogens is 496 g/mol. The van der Waals surface area contributed by atoms with Crippen molar-refractivity contribution in [1.82, 2.24) is 9.36 Å². The van der Waals surface area contributed by atoms with Crippen LogP contribution in [0.1, 0.15) is 10.4 Å². The summed E-state index contributed by atoms with van der Waals surface area (Å²) in [5.41, 5.74) is 6.35. The fourth-order valence-electron chi connectivity index (χ4n) is 3.12. The predicted octanol–water partition coefficient (Wildman–Crippen LogP) is 4.73. The molecule has 2 N–H and O–H groups in total. The maximum atomic E-state index is 13.4. The number of carbonyl (C=O) groups excluding carboxylic acids is 1. The summed E-state index contributed by atoms with van der Waals surface area (Å²) >= 11 is 4.19. The molecule has 0 amide bonds. The van der Waals surface area contributed by atoms with Crippen LogP contribution in [-0.4, -0.2) is 20.2 Å². The Morgan fingerprint density at radius 2 is 1.59 bits per heavy atom. The van der Waals surface area contributed by atoms with Gasteiger partial charge in [0.15, 0.2) is 0 Å². The number of nitrogens with two attached hydrogens (primary N) is 1. The molecule has 1 heterocycles. The Bertz CT molecular complexity index is 1380. The van der Waals surface area contributed by atoms with Crippen molar-refractivity contribution >= 4 is 45.1 Å². The van der Waals surface area contributed by atoms with E-state index in [0.717, 1.165) is 20.9 Å². The SMILES string of the molecule is Nc1c(Sc2ccccc2[N+](=O)[O-])c(=O)n(-c2ccccc2)n1C(=O)c1ccc(Br)cc1. The van der Waals surface area contributed by atoms with Gasteiger partial charge in [-0.25, -0.2) is 4.68 Å². The average Bonchev–Trinajstić information content (AvgIpc) is 3.04. The lowest BCUT2D eigenvalue weighted by Crippen LogP contribution is -2.27. The van der Waals surface area contributed by atoms with Gasteiger partial charge < -0.3 is 5.73 Å². The molecule has 0 saturated carbocycles. The summed E-state index contributed by atoms with van der Waals surface area (Å²) in [7, 11) is 0. The molecule has 32 heavy (non-hydrogen) atoms. The number of hydrogen-bond donors (Lipinski definition) is 1. The van der Waals surface area contributed by atoms with Gasteiger partial charge in [-0.3, -0.25) is 19.7 Å². The first-order chi connectivity index (χ1) is 15.4. The van der Waals surface area contributed by atoms with Crippen LogP contribution in [0.2, 0.25) is 0 Å². The number of hydrogen-bond acceptors (Lipinski definition) is 6. The number of rotatable bonds is 5. The van der Waals surface area contributed by atoms with Crippen LogP contribution in [0.25, 0.3) is 5.69 Å². The van der Waals surface area contributed by atoms with E-state index < -0.39 is 16.4 Å². The van der Waals surface area contributed by atoms with Crippen LogP contribution >= 0.6 is 27.7 Å². The minimum absolute atomic E-state index is 0.0219. The zero-order valence-electron chi connectivity index (χ0n) is 16.3. The number of benzene rings is 3. The van der Waals surface area contributed by atoms with E-state index in [1.54, 1.807) is 60.7 Å². The van der Waals surface area contributed by atoms with Crippen LogP contribution in [0.5, 0.6) is 0 Å². The molecule has 0 aliphatic heterocycles. The fraction of sp³-hybridized carbons (Fsp3) is 0. The van der Waals surface area contributed by atoms with Gasteiger partial charge >= 0.3 is 0 Å². The van der Waals surface area contributed by atoms with Gasteiger partial charge in [-0.2, -0.15) is 4.68 Å². The number of carbonyl (C=O) groups is 1. The van der Waals surface area contributed by atoms with Crippen molar-refractivity contribution in [3.8, 4) is 5.69 Å². The Morgan fingerprint density at radius 3 is 2.25 bits per heavy atom. The average molecular weight is 511 g/mol. The van der Waals surface area contributed by atoms with E-state index in [2.05, 4.69) is 15.9 Å². The van der Waals surface area contributed by atoms with Gasteiger partial charge in [-0.05, 0) is 42.5 Å². The first-order valence-electron chi connectivity index (χ1n) is 9.29. The third kappa shape index (κ3) is 3.97. The van der Waals surface area contributed by atoms with E-state index in [9.17, 15) is 19.7 Å². The highest BCUT2D eigenvalue weighted by Crippen LogP contribution is 2.36. The Kier molecular flexibility index (Phi) is 5.97. The summed E-state index contributed by atoms with van der Waals surface area (Å²) in [6.07, 6.45) is 0. The van der Waals surface area contributed by atoms with Crippen molar-refractivity contribution in [1.29, 1.82) is 0 Å². The Morgan fingerprint density at radius 1 is 0.969 bits per heavy atom. The van der Waals surface area contributed by atoms with E-state index in [4.69, 9.17) is 5.73 Å². The third-order valence-corrected chi connectivity index (χ3v) is 6.29. The smallest absolute Gasteiger partial charge is 0.288 e. The summed E-state index contributed by atoms with van der Waals surface area (Å²) < 4.78 is 3.07. The lowest BCUT2D eigenvalue weighted by molar-refractivity contribution is -0.387. The molecule has 8 nitrogen and oxygen atoms in total. The molecule has 0 bridgehead atoms. The van der Waals surface area contributed by atoms with Crippen molar-refractivity contribution in [2.45, 2.75) is 9.79 Å². The van der Waals surface area contributed by atoms with E-state index in [1.807, 2.05) is 0 Å². The number of anilines is 1. The summed E-state index contributed by atoms with van der Waals surface area (Å²) in [4.78, 5) is 37.9. The highest BCUT2D eigenvalue weighted by molar-refractivity contribution is 9.10. The van der Waals surface area contributed by atoms with Crippen LogP contribution < -0.4 is 11.3 Å². The van der Waals surface area contributed by atoms with Gasteiger partial charge in [0.25, 0.3) is 17.2 Å². The molecular formula is C22H15BrN4O4S. The van der Waals surface area contributed by atoms with Crippen molar-refractivity contribution in [3.05, 3.63) is 109 Å². The van der Waals surface area contributed by atoms with Crippen LogP contribution in [0, 0.1) is 10.1 Å². The first kappa shape index (κ1) is 21.6. The molecule has 3 aromatic carbocycles. The summed E-state index contributed by atoms with van der Waals surface area (Å²) in [5, 5.41) is 11.4. The molecule has 0 spiro atoms. The van der Waals surface area contributed by atoms with Gasteiger partial charge in [0, 0.05) is 16.1 Å². The zero-order chi connectivity index (χ0) is 22.8. The van der Waals surface area contributed by atoms with Crippen molar-refractivity contribution in [2.75, 3.05) is 5.73 Å². The number of para-hydroxylation sites is 2. The highest BCUT2D eigenvalue weighted by Gasteiger charge is 2.27. The predicted molar refractivity (Wildman–Crippen MR) is 126 cm³/mol. The van der Waals surface area contributed by atoms with E-state index >= 15 is 0 Å². The molecule has 0 fully saturated rings. The molecule has 1 aromatic heterocycles. The number of nitrogens with zero attached hydrogens (tertiary/aromatic N) is 3.